The van der Waals surface area contributed by atoms with E-state index in [2.05, 4.69) is 4.98 Å². The SMILES string of the molecule is [2H]C1([2H])CC(=C2c3ccc(Cl)cc3CCc3cccnc32)CC([2H])([2H])N1Cc1cncc(CN2C([2H])([2H])CC(=C3c4ccc(Cl)cc4CCc4cccnc43)CC2([2H])[2H])c1. The molecule has 0 amide bonds. The van der Waals surface area contributed by atoms with Gasteiger partial charge in [0.05, 0.1) is 11.4 Å². The van der Waals surface area contributed by atoms with Gasteiger partial charge in [-0.15, -0.1) is 0 Å². The third kappa shape index (κ3) is 6.88. The third-order valence-electron chi connectivity index (χ3n) is 10.4. The zero-order valence-corrected chi connectivity index (χ0v) is 30.2. The highest BCUT2D eigenvalue weighted by Crippen LogP contribution is 2.40. The van der Waals surface area contributed by atoms with E-state index in [4.69, 9.17) is 33.2 Å². The van der Waals surface area contributed by atoms with Gasteiger partial charge >= 0.3 is 0 Å². The minimum atomic E-state index is -2.10. The Morgan fingerprint density at radius 1 is 0.538 bits per heavy atom. The number of pyridine rings is 3. The van der Waals surface area contributed by atoms with Crippen LogP contribution in [0.4, 0.5) is 0 Å². The second kappa shape index (κ2) is 14.7. The molecule has 2 saturated heterocycles. The molecule has 262 valence electrons. The van der Waals surface area contributed by atoms with Gasteiger partial charge in [-0.1, -0.05) is 64.7 Å². The molecule has 3 aromatic heterocycles. The number of fused-ring (bicyclic) bond motifs is 4. The van der Waals surface area contributed by atoms with Gasteiger partial charge in [-0.05, 0) is 132 Å². The van der Waals surface area contributed by atoms with E-state index in [0.717, 1.165) is 81.6 Å². The van der Waals surface area contributed by atoms with E-state index >= 15 is 0 Å². The summed E-state index contributed by atoms with van der Waals surface area (Å²) in [5, 5.41) is 1.22. The summed E-state index contributed by atoms with van der Waals surface area (Å²) in [6.07, 6.45) is 9.33. The summed E-state index contributed by atoms with van der Waals surface area (Å²) in [5.74, 6) is 0. The van der Waals surface area contributed by atoms with Crippen molar-refractivity contribution < 1.29 is 11.0 Å². The predicted octanol–water partition coefficient (Wildman–Crippen LogP) is 9.57. The quantitative estimate of drug-likeness (QED) is 0.184. The summed E-state index contributed by atoms with van der Waals surface area (Å²) in [5.41, 5.74) is 11.3. The molecule has 52 heavy (non-hydrogen) atoms. The average Bonchev–Trinajstić information content (AvgIpc) is 3.45. The molecule has 0 radical (unpaired) electrons. The molecule has 0 bridgehead atoms. The van der Waals surface area contributed by atoms with Crippen LogP contribution in [0.15, 0.2) is 103 Å². The van der Waals surface area contributed by atoms with Crippen LogP contribution in [0.1, 0.15) is 92.5 Å². The van der Waals surface area contributed by atoms with Gasteiger partial charge in [0.1, 0.15) is 0 Å². The molecule has 2 fully saturated rings. The molecule has 0 saturated carbocycles. The standard InChI is InChI=1S/C45H43Cl2N5/c46-38-9-11-40-36(24-38)7-5-34-3-1-17-49-44(34)42(40)32-13-19-51(20-14-32)28-30-23-31(27-48-26-30)29-52-21-15-33(16-22-52)43-41-12-10-39(47)25-37(41)8-6-35-4-2-18-50-45(35)43/h1-4,9-12,17-18,23-27H,5-8,13-16,19-22,28-29H2/i19D2,20D2,21D2,22D2. The number of rotatable bonds is 4. The van der Waals surface area contributed by atoms with E-state index in [0.29, 0.717) is 32.3 Å². The Hall–Kier alpha value is -4.13. The lowest BCUT2D eigenvalue weighted by molar-refractivity contribution is 0.244. The Labute approximate surface area is 328 Å². The molecule has 0 N–H and O–H groups in total. The molecule has 2 aliphatic carbocycles. The van der Waals surface area contributed by atoms with Gasteiger partial charge in [0, 0.05) is 96.0 Å². The van der Waals surface area contributed by atoms with Crippen molar-refractivity contribution in [3.63, 3.8) is 0 Å². The molecule has 9 rings (SSSR count). The van der Waals surface area contributed by atoms with Crippen LogP contribution >= 0.6 is 23.2 Å². The summed E-state index contributed by atoms with van der Waals surface area (Å²) in [7, 11) is 0. The fourth-order valence-corrected chi connectivity index (χ4v) is 8.31. The van der Waals surface area contributed by atoms with Crippen molar-refractivity contribution in [2.75, 3.05) is 26.0 Å². The van der Waals surface area contributed by atoms with Gasteiger partial charge in [-0.3, -0.25) is 24.8 Å². The van der Waals surface area contributed by atoms with E-state index in [9.17, 15) is 11.0 Å². The number of hydrogen-bond donors (Lipinski definition) is 0. The van der Waals surface area contributed by atoms with Crippen LogP contribution in [0.2, 0.25) is 10.0 Å². The molecule has 2 aliphatic heterocycles. The van der Waals surface area contributed by atoms with Crippen molar-refractivity contribution in [2.45, 2.75) is 64.5 Å². The van der Waals surface area contributed by atoms with Crippen LogP contribution in [0, 0.1) is 0 Å². The molecule has 2 aromatic carbocycles. The molecule has 5 nitrogen and oxygen atoms in total. The molecule has 7 heteroatoms. The molecule has 0 unspecified atom stereocenters. The predicted molar refractivity (Wildman–Crippen MR) is 211 cm³/mol. The van der Waals surface area contributed by atoms with Crippen molar-refractivity contribution in [3.8, 4) is 0 Å². The lowest BCUT2D eigenvalue weighted by Crippen LogP contribution is -2.31. The minimum Gasteiger partial charge on any atom is -0.298 e. The maximum atomic E-state index is 9.31. The second-order valence-electron chi connectivity index (χ2n) is 13.8. The van der Waals surface area contributed by atoms with Gasteiger partial charge in [0.25, 0.3) is 0 Å². The first kappa shape index (κ1) is 25.8. The topological polar surface area (TPSA) is 45.2 Å². The summed E-state index contributed by atoms with van der Waals surface area (Å²) >= 11 is 12.8. The maximum Gasteiger partial charge on any atom is 0.0739 e. The Bertz CT molecular complexity index is 2380. The maximum absolute atomic E-state index is 9.31. The van der Waals surface area contributed by atoms with Crippen molar-refractivity contribution in [1.29, 1.82) is 0 Å². The molecular formula is C45H43Cl2N5. The second-order valence-corrected chi connectivity index (χ2v) is 14.7. The fraction of sp³-hybridized carbons (Fsp3) is 0.311. The number of aromatic nitrogens is 3. The Kier molecular flexibility index (Phi) is 7.29. The van der Waals surface area contributed by atoms with Gasteiger partial charge in [0.2, 0.25) is 0 Å². The van der Waals surface area contributed by atoms with Crippen LogP contribution in [0.5, 0.6) is 0 Å². The highest BCUT2D eigenvalue weighted by Gasteiger charge is 2.27. The summed E-state index contributed by atoms with van der Waals surface area (Å²) in [6.45, 7) is -8.61. The van der Waals surface area contributed by atoms with Crippen LogP contribution in [-0.2, 0) is 38.8 Å². The van der Waals surface area contributed by atoms with Gasteiger partial charge in [-0.2, -0.15) is 0 Å². The largest absolute Gasteiger partial charge is 0.298 e. The van der Waals surface area contributed by atoms with Crippen molar-refractivity contribution in [1.82, 2.24) is 24.8 Å². The zero-order chi connectivity index (χ0) is 42.2. The van der Waals surface area contributed by atoms with Crippen LogP contribution < -0.4 is 0 Å². The average molecular weight is 733 g/mol. The first-order chi connectivity index (χ1) is 28.5. The monoisotopic (exact) mass is 731 g/mol. The van der Waals surface area contributed by atoms with E-state index < -0.39 is 26.0 Å². The van der Waals surface area contributed by atoms with Crippen LogP contribution in [0.25, 0.3) is 11.1 Å². The normalized spacial score (nSPS) is 24.0. The summed E-state index contributed by atoms with van der Waals surface area (Å²) in [4.78, 5) is 16.4. The molecule has 0 spiro atoms. The van der Waals surface area contributed by atoms with E-state index in [-0.39, 0.29) is 38.8 Å². The lowest BCUT2D eigenvalue weighted by atomic mass is 9.88. The first-order valence-corrected chi connectivity index (χ1v) is 18.6. The number of likely N-dealkylation sites (tertiary alicyclic amines) is 2. The fourth-order valence-electron chi connectivity index (χ4n) is 7.92. The smallest absolute Gasteiger partial charge is 0.0739 e. The lowest BCUT2D eigenvalue weighted by Gasteiger charge is -2.31. The van der Waals surface area contributed by atoms with Gasteiger partial charge in [0.15, 0.2) is 0 Å². The van der Waals surface area contributed by atoms with Gasteiger partial charge in [-0.25, -0.2) is 0 Å². The number of benzene rings is 2. The molecule has 5 aromatic rings. The van der Waals surface area contributed by atoms with E-state index in [1.54, 1.807) is 30.9 Å². The first-order valence-electron chi connectivity index (χ1n) is 21.9. The Morgan fingerprint density at radius 3 is 1.44 bits per heavy atom. The number of aryl methyl sites for hydroxylation is 4. The van der Waals surface area contributed by atoms with Crippen molar-refractivity contribution in [3.05, 3.63) is 169 Å². The molecular weight excluding hydrogens is 681 g/mol. The number of nitrogens with zero attached hydrogens (tertiary/aromatic N) is 5. The minimum absolute atomic E-state index is 0.0451. The number of piperidine rings is 2. The summed E-state index contributed by atoms with van der Waals surface area (Å²) in [6, 6.07) is 21.0. The van der Waals surface area contributed by atoms with Crippen molar-refractivity contribution >= 4 is 34.3 Å². The van der Waals surface area contributed by atoms with Crippen LogP contribution in [-0.4, -0.2) is 50.7 Å². The Balaban J connectivity index is 1.00. The highest BCUT2D eigenvalue weighted by molar-refractivity contribution is 6.31. The number of hydrogen-bond acceptors (Lipinski definition) is 5. The third-order valence-corrected chi connectivity index (χ3v) is 10.9. The molecule has 0 atom stereocenters. The Morgan fingerprint density at radius 2 is 0.981 bits per heavy atom. The molecule has 4 aliphatic rings. The number of halogens is 2. The highest BCUT2D eigenvalue weighted by atomic mass is 35.5. The van der Waals surface area contributed by atoms with Crippen LogP contribution in [0.3, 0.4) is 0 Å². The molecule has 5 heterocycles. The zero-order valence-electron chi connectivity index (χ0n) is 36.7. The summed E-state index contributed by atoms with van der Waals surface area (Å²) < 4.78 is 74.5. The van der Waals surface area contributed by atoms with Crippen molar-refractivity contribution in [2.24, 2.45) is 0 Å². The van der Waals surface area contributed by atoms with E-state index in [1.165, 1.54) is 9.80 Å². The van der Waals surface area contributed by atoms with Gasteiger partial charge < -0.3 is 0 Å². The van der Waals surface area contributed by atoms with E-state index in [1.807, 2.05) is 60.7 Å².